The second-order valence-corrected chi connectivity index (χ2v) is 17.3. The molecule has 2 saturated carbocycles. The van der Waals surface area contributed by atoms with Crippen LogP contribution in [0.1, 0.15) is 70.2 Å². The Morgan fingerprint density at radius 3 is 1.67 bits per heavy atom. The molecular formula is C50H52BClN6O8. The number of halogens is 1. The SMILES string of the molecule is COc1ncccc1-c1nc(NC(=O)C2(c3ccc4c(c3)CCO4)CC2)cc(C)c1C.COc1ncccc1B(O)O.Cc1cc(NC(=O)C2(c3ccc4c(c3)CCO4)CC2)nc(Cl)c1C. The average Bonchev–Trinajstić information content (AvgIpc) is 4.22. The first-order valence-electron chi connectivity index (χ1n) is 21.9. The number of aryl methyl sites for hydroxylation is 2. The lowest BCUT2D eigenvalue weighted by Gasteiger charge is -2.18. The summed E-state index contributed by atoms with van der Waals surface area (Å²) in [7, 11) is 1.49. The number of carbonyl (C=O) groups is 2. The highest BCUT2D eigenvalue weighted by molar-refractivity contribution is 6.59. The highest BCUT2D eigenvalue weighted by atomic mass is 35.5. The lowest BCUT2D eigenvalue weighted by atomic mass is 9.81. The van der Waals surface area contributed by atoms with Crippen LogP contribution in [0.4, 0.5) is 11.6 Å². The first kappa shape index (κ1) is 46.0. The Morgan fingerprint density at radius 1 is 0.682 bits per heavy atom. The molecule has 6 heterocycles. The first-order valence-corrected chi connectivity index (χ1v) is 22.3. The predicted molar refractivity (Wildman–Crippen MR) is 253 cm³/mol. The number of amides is 2. The Hall–Kier alpha value is -6.55. The van der Waals surface area contributed by atoms with Crippen molar-refractivity contribution in [2.75, 3.05) is 38.1 Å². The zero-order valence-corrected chi connectivity index (χ0v) is 38.6. The molecule has 0 spiro atoms. The van der Waals surface area contributed by atoms with E-state index in [1.807, 2.05) is 76.2 Å². The Morgan fingerprint density at radius 2 is 1.18 bits per heavy atom. The molecule has 2 amide bonds. The van der Waals surface area contributed by atoms with E-state index in [4.69, 9.17) is 45.6 Å². The summed E-state index contributed by atoms with van der Waals surface area (Å²) in [5, 5.41) is 24.0. The van der Waals surface area contributed by atoms with Gasteiger partial charge in [-0.3, -0.25) is 9.59 Å². The monoisotopic (exact) mass is 910 g/mol. The molecule has 4 aliphatic rings. The summed E-state index contributed by atoms with van der Waals surface area (Å²) >= 11 is 6.14. The van der Waals surface area contributed by atoms with Crippen LogP contribution in [0.15, 0.2) is 85.2 Å². The fourth-order valence-electron chi connectivity index (χ4n) is 8.31. The van der Waals surface area contributed by atoms with Crippen molar-refractivity contribution in [2.24, 2.45) is 0 Å². The lowest BCUT2D eigenvalue weighted by Crippen LogP contribution is -2.31. The van der Waals surface area contributed by atoms with Crippen molar-refractivity contribution in [3.05, 3.63) is 135 Å². The lowest BCUT2D eigenvalue weighted by molar-refractivity contribution is -0.119. The molecule has 10 rings (SSSR count). The van der Waals surface area contributed by atoms with Crippen LogP contribution in [0.3, 0.4) is 0 Å². The smallest absolute Gasteiger partial charge is 0.493 e. The van der Waals surface area contributed by atoms with Crippen molar-refractivity contribution in [3.8, 4) is 34.5 Å². The Labute approximate surface area is 389 Å². The second kappa shape index (κ2) is 19.1. The van der Waals surface area contributed by atoms with E-state index in [0.717, 1.165) is 101 Å². The van der Waals surface area contributed by atoms with Crippen molar-refractivity contribution in [3.63, 3.8) is 0 Å². The van der Waals surface area contributed by atoms with Crippen LogP contribution < -0.4 is 35.0 Å². The van der Waals surface area contributed by atoms with E-state index in [1.165, 1.54) is 30.5 Å². The summed E-state index contributed by atoms with van der Waals surface area (Å²) in [6, 6.07) is 23.0. The standard InChI is InChI=1S/C25H25N3O3.C19H19ClN2O2.C6H8BNO3/c1-15-13-21(27-22(16(15)2)19-5-4-11-26-23(19)30-3)28-24(29)25(9-10-25)18-6-7-20-17(14-18)8-12-31-20;1-11-9-16(21-17(20)12(11)2)22-18(23)19(6-7-19)14-3-4-15-13(10-14)5-8-24-15;1-11-6-5(7(9)10)3-2-4-8-6/h4-7,11,13-14H,8-10,12H2,1-3H3,(H,27,28,29);3-4,9-10H,5-8H2,1-2H3,(H,21,22,23);2-4,9-10H,1H3. The summed E-state index contributed by atoms with van der Waals surface area (Å²) in [4.78, 5) is 43.3. The molecule has 4 aromatic heterocycles. The van der Waals surface area contributed by atoms with Gasteiger partial charge in [-0.2, -0.15) is 0 Å². The van der Waals surface area contributed by atoms with Crippen LogP contribution in [0.2, 0.25) is 5.15 Å². The molecule has 2 aliphatic carbocycles. The van der Waals surface area contributed by atoms with E-state index in [-0.39, 0.29) is 23.2 Å². The number of anilines is 2. The third kappa shape index (κ3) is 9.42. The maximum absolute atomic E-state index is 13.3. The number of pyridine rings is 4. The molecule has 0 saturated heterocycles. The quantitative estimate of drug-likeness (QED) is 0.0808. The molecule has 16 heteroatoms. The van der Waals surface area contributed by atoms with Gasteiger partial charge in [-0.25, -0.2) is 19.9 Å². The summed E-state index contributed by atoms with van der Waals surface area (Å²) < 4.78 is 21.4. The van der Waals surface area contributed by atoms with Crippen molar-refractivity contribution < 1.29 is 38.6 Å². The molecule has 4 N–H and O–H groups in total. The molecule has 340 valence electrons. The number of benzene rings is 2. The van der Waals surface area contributed by atoms with Gasteiger partial charge in [0.25, 0.3) is 0 Å². The molecule has 0 unspecified atom stereocenters. The number of nitrogens with one attached hydrogen (secondary N) is 2. The Kier molecular flexibility index (Phi) is 13.3. The fraction of sp³-hybridized carbons (Fsp3) is 0.320. The molecule has 2 fully saturated rings. The molecule has 6 aromatic rings. The number of rotatable bonds is 10. The zero-order valence-electron chi connectivity index (χ0n) is 37.8. The summed E-state index contributed by atoms with van der Waals surface area (Å²) in [5.74, 6) is 3.68. The van der Waals surface area contributed by atoms with E-state index in [1.54, 1.807) is 19.4 Å². The number of nitrogens with zero attached hydrogens (tertiary/aromatic N) is 4. The van der Waals surface area contributed by atoms with Crippen molar-refractivity contribution in [1.29, 1.82) is 0 Å². The second-order valence-electron chi connectivity index (χ2n) is 17.0. The van der Waals surface area contributed by atoms with Crippen LogP contribution in [0.25, 0.3) is 11.3 Å². The van der Waals surface area contributed by atoms with Gasteiger partial charge >= 0.3 is 7.12 Å². The molecule has 0 atom stereocenters. The minimum Gasteiger partial charge on any atom is -0.493 e. The van der Waals surface area contributed by atoms with Crippen LogP contribution >= 0.6 is 11.6 Å². The van der Waals surface area contributed by atoms with Gasteiger partial charge in [-0.1, -0.05) is 41.9 Å². The van der Waals surface area contributed by atoms with Gasteiger partial charge in [-0.05, 0) is 140 Å². The normalized spacial score (nSPS) is 15.2. The van der Waals surface area contributed by atoms with Crippen molar-refractivity contribution >= 4 is 47.6 Å². The van der Waals surface area contributed by atoms with Crippen LogP contribution in [-0.2, 0) is 33.3 Å². The largest absolute Gasteiger partial charge is 0.493 e. The maximum atomic E-state index is 13.3. The Balaban J connectivity index is 0.000000149. The highest BCUT2D eigenvalue weighted by Crippen LogP contribution is 2.51. The number of methoxy groups -OCH3 is 2. The van der Waals surface area contributed by atoms with Gasteiger partial charge in [-0.15, -0.1) is 0 Å². The number of hydrogen-bond donors (Lipinski definition) is 4. The molecule has 2 aromatic carbocycles. The summed E-state index contributed by atoms with van der Waals surface area (Å²) in [5.41, 5.74) is 9.47. The van der Waals surface area contributed by atoms with Gasteiger partial charge in [0.1, 0.15) is 28.3 Å². The van der Waals surface area contributed by atoms with Crippen LogP contribution in [0, 0.1) is 27.7 Å². The number of carbonyl (C=O) groups excluding carboxylic acids is 2. The highest BCUT2D eigenvalue weighted by Gasteiger charge is 2.52. The van der Waals surface area contributed by atoms with Crippen LogP contribution in [0.5, 0.6) is 23.3 Å². The third-order valence-electron chi connectivity index (χ3n) is 12.8. The fourth-order valence-corrected chi connectivity index (χ4v) is 8.55. The predicted octanol–water partition coefficient (Wildman–Crippen LogP) is 7.10. The van der Waals surface area contributed by atoms with E-state index < -0.39 is 17.9 Å². The molecule has 14 nitrogen and oxygen atoms in total. The third-order valence-corrected chi connectivity index (χ3v) is 13.2. The van der Waals surface area contributed by atoms with Crippen molar-refractivity contribution in [1.82, 2.24) is 19.9 Å². The molecule has 0 bridgehead atoms. The molecule has 66 heavy (non-hydrogen) atoms. The van der Waals surface area contributed by atoms with E-state index in [0.29, 0.717) is 29.3 Å². The number of hydrogen-bond acceptors (Lipinski definition) is 12. The van der Waals surface area contributed by atoms with Gasteiger partial charge in [0.2, 0.25) is 23.6 Å². The average molecular weight is 911 g/mol. The minimum atomic E-state index is -1.53. The van der Waals surface area contributed by atoms with Gasteiger partial charge < -0.3 is 39.6 Å². The zero-order chi connectivity index (χ0) is 46.8. The van der Waals surface area contributed by atoms with E-state index in [9.17, 15) is 9.59 Å². The van der Waals surface area contributed by atoms with E-state index >= 15 is 0 Å². The van der Waals surface area contributed by atoms with Gasteiger partial charge in [0.15, 0.2) is 0 Å². The number of fused-ring (bicyclic) bond motifs is 2. The first-order chi connectivity index (χ1) is 31.8. The van der Waals surface area contributed by atoms with Crippen LogP contribution in [-0.4, -0.2) is 76.4 Å². The van der Waals surface area contributed by atoms with Gasteiger partial charge in [0, 0.05) is 30.7 Å². The van der Waals surface area contributed by atoms with Crippen molar-refractivity contribution in [2.45, 2.75) is 77.0 Å². The number of aromatic nitrogens is 4. The molecule has 0 radical (unpaired) electrons. The maximum Gasteiger partial charge on any atom is 0.493 e. The summed E-state index contributed by atoms with van der Waals surface area (Å²) in [6.45, 7) is 9.36. The number of ether oxygens (including phenoxy) is 4. The Bertz CT molecular complexity index is 2790. The topological polar surface area (TPSA) is 187 Å². The minimum absolute atomic E-state index is 0.00631. The molecular weight excluding hydrogens is 859 g/mol. The van der Waals surface area contributed by atoms with E-state index in [2.05, 4.69) is 37.7 Å². The van der Waals surface area contributed by atoms with Gasteiger partial charge in [0.05, 0.1) is 49.5 Å². The molecule has 2 aliphatic heterocycles. The summed E-state index contributed by atoms with van der Waals surface area (Å²) in [6.07, 6.45) is 8.41.